The molecule has 4 atom stereocenters. The molecule has 450 valence electrons. The molecule has 0 spiro atoms. The minimum atomic E-state index is -0.967. The van der Waals surface area contributed by atoms with Crippen molar-refractivity contribution >= 4 is 79.4 Å². The van der Waals surface area contributed by atoms with Crippen LogP contribution in [0.4, 0.5) is 10.9 Å². The Kier molecular flexibility index (Phi) is 18.1. The van der Waals surface area contributed by atoms with Crippen molar-refractivity contribution in [1.29, 1.82) is 0 Å². The normalized spacial score (nSPS) is 18.6. The zero-order valence-electron chi connectivity index (χ0n) is 50.6. The van der Waals surface area contributed by atoms with E-state index in [1.165, 1.54) is 23.2 Å². The van der Waals surface area contributed by atoms with Gasteiger partial charge in [0, 0.05) is 44.0 Å². The third-order valence-electron chi connectivity index (χ3n) is 16.3. The molecule has 2 aliphatic heterocycles. The van der Waals surface area contributed by atoms with Gasteiger partial charge in [-0.25, -0.2) is 19.7 Å². The summed E-state index contributed by atoms with van der Waals surface area (Å²) in [5.41, 5.74) is 8.89. The Bertz CT molecular complexity index is 3650. The molecule has 10 rings (SSSR count). The predicted octanol–water partition coefficient (Wildman–Crippen LogP) is 12.1. The van der Waals surface area contributed by atoms with Gasteiger partial charge >= 0.3 is 11.9 Å². The Labute approximate surface area is 510 Å². The summed E-state index contributed by atoms with van der Waals surface area (Å²) in [4.78, 5) is 102. The molecule has 1 saturated heterocycles. The molecule has 0 radical (unpaired) electrons. The third-order valence-corrected chi connectivity index (χ3v) is 18.3. The molecule has 7 aromatic rings. The first-order valence-corrected chi connectivity index (χ1v) is 31.3. The summed E-state index contributed by atoms with van der Waals surface area (Å²) >= 11 is 3.00. The van der Waals surface area contributed by atoms with Crippen molar-refractivity contribution in [1.82, 2.24) is 30.5 Å². The number of amides is 4. The smallest absolute Gasteiger partial charge is 0.358 e. The number of carbonyl (C=O) groups excluding carboxylic acids is 6. The number of likely N-dealkylation sites (tertiary alicyclic amines) is 1. The Morgan fingerprint density at radius 1 is 0.802 bits per heavy atom. The highest BCUT2D eigenvalue weighted by Gasteiger charge is 2.46. The molecular weight excluding hydrogens is 1120 g/mol. The van der Waals surface area contributed by atoms with Gasteiger partial charge in [0.05, 0.1) is 45.0 Å². The van der Waals surface area contributed by atoms with Crippen LogP contribution in [-0.4, -0.2) is 98.4 Å². The number of para-hydroxylation sites is 1. The molecule has 4 amide bonds. The van der Waals surface area contributed by atoms with Crippen molar-refractivity contribution in [3.63, 3.8) is 0 Å². The third kappa shape index (κ3) is 14.1. The van der Waals surface area contributed by atoms with Crippen LogP contribution in [0.5, 0.6) is 5.75 Å². The molecule has 1 saturated carbocycles. The number of rotatable bonds is 16. The van der Waals surface area contributed by atoms with E-state index in [1.54, 1.807) is 11.3 Å². The molecule has 3 aromatic heterocycles. The number of benzene rings is 4. The molecule has 1 aliphatic carbocycles. The molecule has 17 nitrogen and oxygen atoms in total. The summed E-state index contributed by atoms with van der Waals surface area (Å²) in [6.07, 6.45) is 3.02. The van der Waals surface area contributed by atoms with E-state index < -0.39 is 47.0 Å². The minimum absolute atomic E-state index is 0.0175. The fourth-order valence-corrected chi connectivity index (χ4v) is 13.5. The van der Waals surface area contributed by atoms with Crippen LogP contribution >= 0.6 is 22.7 Å². The summed E-state index contributed by atoms with van der Waals surface area (Å²) in [6, 6.07) is 28.9. The van der Waals surface area contributed by atoms with Crippen molar-refractivity contribution in [2.24, 2.45) is 11.3 Å². The molecule has 19 heteroatoms. The number of hydrogen-bond acceptors (Lipinski definition) is 15. The molecule has 0 unspecified atom stereocenters. The zero-order chi connectivity index (χ0) is 61.2. The molecule has 4 aromatic carbocycles. The van der Waals surface area contributed by atoms with E-state index in [0.717, 1.165) is 67.0 Å². The molecule has 86 heavy (non-hydrogen) atoms. The fraction of sp³-hybridized carbons (Fsp3) is 0.418. The highest BCUT2D eigenvalue weighted by atomic mass is 32.1. The first kappa shape index (κ1) is 61.1. The van der Waals surface area contributed by atoms with Crippen LogP contribution < -0.4 is 25.6 Å². The largest absolute Gasteiger partial charge is 0.490 e. The molecule has 2 fully saturated rings. The number of carbonyl (C=O) groups is 6. The maximum Gasteiger partial charge on any atom is 0.358 e. The van der Waals surface area contributed by atoms with Crippen LogP contribution in [0.3, 0.4) is 0 Å². The average molecular weight is 1200 g/mol. The number of aryl methyl sites for hydroxylation is 1. The van der Waals surface area contributed by atoms with Crippen molar-refractivity contribution in [2.45, 2.75) is 157 Å². The van der Waals surface area contributed by atoms with Crippen LogP contribution in [0.2, 0.25) is 0 Å². The summed E-state index contributed by atoms with van der Waals surface area (Å²) < 4.78 is 19.3. The average Bonchev–Trinajstić information content (AvgIpc) is 3.05. The van der Waals surface area contributed by atoms with Gasteiger partial charge in [0.15, 0.2) is 10.8 Å². The number of nitrogens with zero attached hydrogens (tertiary/aromatic N) is 5. The quantitative estimate of drug-likeness (QED) is 0.0770. The number of aromatic nitrogens is 3. The van der Waals surface area contributed by atoms with Gasteiger partial charge in [-0.1, -0.05) is 92.8 Å². The maximum atomic E-state index is 14.7. The summed E-state index contributed by atoms with van der Waals surface area (Å²) in [6.45, 7) is 19.3. The Hall–Kier alpha value is -8.03. The lowest BCUT2D eigenvalue weighted by atomic mass is 9.83. The number of thiazole rings is 2. The van der Waals surface area contributed by atoms with Crippen molar-refractivity contribution < 1.29 is 43.0 Å². The van der Waals surface area contributed by atoms with E-state index in [-0.39, 0.29) is 60.9 Å². The monoisotopic (exact) mass is 1200 g/mol. The van der Waals surface area contributed by atoms with E-state index in [1.807, 2.05) is 159 Å². The maximum absolute atomic E-state index is 14.7. The van der Waals surface area contributed by atoms with Crippen LogP contribution in [0.25, 0.3) is 31.8 Å². The summed E-state index contributed by atoms with van der Waals surface area (Å²) in [5.74, 6) is -1.05. The number of anilines is 2. The Morgan fingerprint density at radius 3 is 2.24 bits per heavy atom. The van der Waals surface area contributed by atoms with Gasteiger partial charge in [0.2, 0.25) is 17.7 Å². The lowest BCUT2D eigenvalue weighted by molar-refractivity contribution is -0.147. The van der Waals surface area contributed by atoms with Gasteiger partial charge in [0.1, 0.15) is 35.4 Å². The fourth-order valence-electron chi connectivity index (χ4n) is 11.9. The highest BCUT2D eigenvalue weighted by Crippen LogP contribution is 2.39. The predicted molar refractivity (Wildman–Crippen MR) is 335 cm³/mol. The molecule has 5 heterocycles. The van der Waals surface area contributed by atoms with Gasteiger partial charge in [-0.15, -0.1) is 11.3 Å². The van der Waals surface area contributed by atoms with E-state index in [4.69, 9.17) is 19.2 Å². The van der Waals surface area contributed by atoms with Crippen molar-refractivity contribution in [2.75, 3.05) is 23.3 Å². The van der Waals surface area contributed by atoms with Crippen LogP contribution in [0.1, 0.15) is 149 Å². The van der Waals surface area contributed by atoms with Gasteiger partial charge < -0.3 is 34.6 Å². The number of pyridine rings is 1. The lowest BCUT2D eigenvalue weighted by Crippen LogP contribution is -2.58. The van der Waals surface area contributed by atoms with Crippen LogP contribution in [0.15, 0.2) is 103 Å². The molecule has 3 aliphatic rings. The second-order valence-corrected chi connectivity index (χ2v) is 26.9. The molecule has 0 bridgehead atoms. The standard InChI is InChI=1S/C67H76N8O9S2/c1-38-48(49-29-30-56(71-58(49)64(81)84-67(8,9)10)74-32-31-44-15-13-17-50(51(44)36-74)61(78)73-65-70-52-18-11-12-20-55(52)86-65)16-14-19-54(38)83-46-27-21-42(22-28-46)33-57(77)72-60(66(5,6)7)63(80)75-35-47(82-41(4)76)34-53(75)62(79)69-39(2)43-23-25-45(26-24-43)59-40(3)68-37-85-59/h11-20,23-26,29-30,37,39,42,46-47,53,60H,21-22,27-28,31-36H2,1-10H3,(H,69,79)(H,72,77)(H,70,73,78)/t39-,42?,46?,47+,53-,60+/m0/s1. The lowest BCUT2D eigenvalue weighted by Gasteiger charge is -2.36. The number of hydrogen-bond donors (Lipinski definition) is 3. The van der Waals surface area contributed by atoms with Crippen molar-refractivity contribution in [3.05, 3.63) is 142 Å². The van der Waals surface area contributed by atoms with Gasteiger partial charge in [-0.2, -0.15) is 0 Å². The second-order valence-electron chi connectivity index (χ2n) is 25.0. The topological polar surface area (TPSA) is 211 Å². The SMILES string of the molecule is CC(=O)O[C@@H]1C[C@@H](C(=O)N[C@@H](C)c2ccc(-c3scnc3C)cc2)N(C(=O)[C@@H](NC(=O)CC2CCC(Oc3cccc(-c4ccc(N5CCc6cccc(C(=O)Nc7nc8ccccc8s7)c6C5)nc4C(=O)OC(C)(C)C)c3C)CC2)C(C)(C)C)C1. The van der Waals surface area contributed by atoms with Crippen molar-refractivity contribution in [3.8, 4) is 27.3 Å². The number of ether oxygens (including phenoxy) is 3. The van der Waals surface area contributed by atoms with Crippen LogP contribution in [0, 0.1) is 25.2 Å². The number of fused-ring (bicyclic) bond motifs is 2. The van der Waals surface area contributed by atoms with Gasteiger partial charge in [0.25, 0.3) is 5.91 Å². The number of nitrogens with one attached hydrogen (secondary N) is 3. The first-order chi connectivity index (χ1) is 41.0. The van der Waals surface area contributed by atoms with E-state index in [2.05, 4.69) is 36.9 Å². The minimum Gasteiger partial charge on any atom is -0.490 e. The first-order valence-electron chi connectivity index (χ1n) is 29.6. The molecular formula is C67H76N8O9S2. The summed E-state index contributed by atoms with van der Waals surface area (Å²) in [5, 5.41) is 9.72. The summed E-state index contributed by atoms with van der Waals surface area (Å²) in [7, 11) is 0. The van der Waals surface area contributed by atoms with E-state index >= 15 is 0 Å². The van der Waals surface area contributed by atoms with Crippen LogP contribution in [-0.2, 0) is 41.6 Å². The second kappa shape index (κ2) is 25.5. The van der Waals surface area contributed by atoms with Gasteiger partial charge in [-0.05, 0) is 155 Å². The Balaban J connectivity index is 0.779. The van der Waals surface area contributed by atoms with E-state index in [9.17, 15) is 28.8 Å². The number of esters is 2. The van der Waals surface area contributed by atoms with Gasteiger partial charge in [-0.3, -0.25) is 29.3 Å². The highest BCUT2D eigenvalue weighted by molar-refractivity contribution is 7.22. The van der Waals surface area contributed by atoms with E-state index in [0.29, 0.717) is 60.2 Å². The Morgan fingerprint density at radius 2 is 1.55 bits per heavy atom. The molecule has 3 N–H and O–H groups in total. The zero-order valence-corrected chi connectivity index (χ0v) is 52.2.